The first-order chi connectivity index (χ1) is 7.72. The van der Waals surface area contributed by atoms with Gasteiger partial charge in [0, 0.05) is 18.6 Å². The van der Waals surface area contributed by atoms with Crippen LogP contribution in [0.25, 0.3) is 0 Å². The van der Waals surface area contributed by atoms with E-state index in [4.69, 9.17) is 9.47 Å². The molecule has 1 fully saturated rings. The maximum atomic E-state index is 9.64. The van der Waals surface area contributed by atoms with Crippen molar-refractivity contribution in [2.75, 3.05) is 13.7 Å². The monoisotopic (exact) mass is 286 g/mol. The zero-order chi connectivity index (χ0) is 11.5. The second-order valence-corrected chi connectivity index (χ2v) is 4.75. The Morgan fingerprint density at radius 3 is 3.00 bits per heavy atom. The lowest BCUT2D eigenvalue weighted by Gasteiger charge is -2.28. The van der Waals surface area contributed by atoms with Gasteiger partial charge >= 0.3 is 0 Å². The number of ether oxygens (including phenoxy) is 2. The number of benzene rings is 1. The fourth-order valence-corrected chi connectivity index (χ4v) is 2.53. The fourth-order valence-electron chi connectivity index (χ4n) is 1.99. The standard InChI is InChI=1S/C12H15BrO3/c1-15-12-9(3-2-4-10(12)13)11-7-8(14)5-6-16-11/h2-4,8,11,14H,5-7H2,1H3. The van der Waals surface area contributed by atoms with Crippen molar-refractivity contribution in [1.29, 1.82) is 0 Å². The Morgan fingerprint density at radius 1 is 1.50 bits per heavy atom. The molecule has 2 rings (SSSR count). The summed E-state index contributed by atoms with van der Waals surface area (Å²) in [4.78, 5) is 0. The highest BCUT2D eigenvalue weighted by Crippen LogP contribution is 2.38. The molecule has 0 amide bonds. The van der Waals surface area contributed by atoms with Gasteiger partial charge in [0.1, 0.15) is 5.75 Å². The Kier molecular flexibility index (Phi) is 3.84. The molecule has 1 aromatic carbocycles. The number of hydrogen-bond donors (Lipinski definition) is 1. The molecule has 1 N–H and O–H groups in total. The van der Waals surface area contributed by atoms with Crippen molar-refractivity contribution in [3.05, 3.63) is 28.2 Å². The van der Waals surface area contributed by atoms with Crippen LogP contribution >= 0.6 is 15.9 Å². The summed E-state index contributed by atoms with van der Waals surface area (Å²) < 4.78 is 11.9. The zero-order valence-corrected chi connectivity index (χ0v) is 10.7. The molecule has 0 aromatic heterocycles. The lowest BCUT2D eigenvalue weighted by molar-refractivity contribution is -0.0456. The quantitative estimate of drug-likeness (QED) is 0.909. The van der Waals surface area contributed by atoms with Crippen LogP contribution in [0.3, 0.4) is 0 Å². The van der Waals surface area contributed by atoms with Gasteiger partial charge in [-0.3, -0.25) is 0 Å². The first-order valence-corrected chi connectivity index (χ1v) is 6.13. The average Bonchev–Trinajstić information content (AvgIpc) is 2.28. The van der Waals surface area contributed by atoms with Gasteiger partial charge in [0.15, 0.2) is 0 Å². The summed E-state index contributed by atoms with van der Waals surface area (Å²) in [7, 11) is 1.64. The first-order valence-electron chi connectivity index (χ1n) is 5.34. The van der Waals surface area contributed by atoms with E-state index >= 15 is 0 Å². The molecule has 0 bridgehead atoms. The second-order valence-electron chi connectivity index (χ2n) is 3.90. The first kappa shape index (κ1) is 11.9. The molecular formula is C12H15BrO3. The van der Waals surface area contributed by atoms with Gasteiger partial charge in [-0.2, -0.15) is 0 Å². The minimum atomic E-state index is -0.276. The van der Waals surface area contributed by atoms with Crippen LogP contribution in [0.5, 0.6) is 5.75 Å². The maximum absolute atomic E-state index is 9.64. The highest BCUT2D eigenvalue weighted by Gasteiger charge is 2.25. The molecule has 0 spiro atoms. The molecule has 4 heteroatoms. The van der Waals surface area contributed by atoms with Crippen LogP contribution in [-0.4, -0.2) is 24.9 Å². The summed E-state index contributed by atoms with van der Waals surface area (Å²) in [5.74, 6) is 0.793. The molecule has 1 heterocycles. The number of para-hydroxylation sites is 1. The van der Waals surface area contributed by atoms with Gasteiger partial charge in [0.05, 0.1) is 23.8 Å². The molecule has 1 aromatic rings. The van der Waals surface area contributed by atoms with Crippen LogP contribution in [-0.2, 0) is 4.74 Å². The third-order valence-electron chi connectivity index (χ3n) is 2.80. The smallest absolute Gasteiger partial charge is 0.138 e. The van der Waals surface area contributed by atoms with Gasteiger partial charge in [0.25, 0.3) is 0 Å². The van der Waals surface area contributed by atoms with E-state index in [9.17, 15) is 5.11 Å². The van der Waals surface area contributed by atoms with Crippen molar-refractivity contribution in [3.8, 4) is 5.75 Å². The van der Waals surface area contributed by atoms with E-state index in [1.807, 2.05) is 18.2 Å². The molecule has 1 aliphatic rings. The molecule has 0 saturated carbocycles. The predicted molar refractivity (Wildman–Crippen MR) is 64.6 cm³/mol. The molecule has 16 heavy (non-hydrogen) atoms. The van der Waals surface area contributed by atoms with Crippen LogP contribution in [0, 0.1) is 0 Å². The van der Waals surface area contributed by atoms with Gasteiger partial charge in [-0.05, 0) is 28.4 Å². The van der Waals surface area contributed by atoms with Crippen molar-refractivity contribution in [3.63, 3.8) is 0 Å². The molecule has 0 aliphatic carbocycles. The van der Waals surface area contributed by atoms with Gasteiger partial charge in [0.2, 0.25) is 0 Å². The molecule has 88 valence electrons. The van der Waals surface area contributed by atoms with Crippen molar-refractivity contribution in [2.24, 2.45) is 0 Å². The zero-order valence-electron chi connectivity index (χ0n) is 9.15. The minimum absolute atomic E-state index is 0.0730. The van der Waals surface area contributed by atoms with Crippen LogP contribution in [0.15, 0.2) is 22.7 Å². The highest BCUT2D eigenvalue weighted by molar-refractivity contribution is 9.10. The summed E-state index contributed by atoms with van der Waals surface area (Å²) in [5.41, 5.74) is 0.996. The number of rotatable bonds is 2. The maximum Gasteiger partial charge on any atom is 0.138 e. The average molecular weight is 287 g/mol. The van der Waals surface area contributed by atoms with Crippen LogP contribution in [0.1, 0.15) is 24.5 Å². The van der Waals surface area contributed by atoms with Gasteiger partial charge in [-0.25, -0.2) is 0 Å². The molecule has 2 atom stereocenters. The van der Waals surface area contributed by atoms with Crippen molar-refractivity contribution < 1.29 is 14.6 Å². The van der Waals surface area contributed by atoms with Gasteiger partial charge < -0.3 is 14.6 Å². The SMILES string of the molecule is COc1c(Br)cccc1C1CC(O)CCO1. The molecule has 1 saturated heterocycles. The van der Waals surface area contributed by atoms with Gasteiger partial charge in [-0.15, -0.1) is 0 Å². The number of methoxy groups -OCH3 is 1. The third kappa shape index (κ3) is 2.39. The Morgan fingerprint density at radius 2 is 2.31 bits per heavy atom. The van der Waals surface area contributed by atoms with E-state index in [-0.39, 0.29) is 12.2 Å². The molecular weight excluding hydrogens is 272 g/mol. The van der Waals surface area contributed by atoms with E-state index in [1.54, 1.807) is 7.11 Å². The normalized spacial score (nSPS) is 25.4. The highest BCUT2D eigenvalue weighted by atomic mass is 79.9. The molecule has 3 nitrogen and oxygen atoms in total. The third-order valence-corrected chi connectivity index (χ3v) is 3.43. The topological polar surface area (TPSA) is 38.7 Å². The van der Waals surface area contributed by atoms with Gasteiger partial charge in [-0.1, -0.05) is 12.1 Å². The summed E-state index contributed by atoms with van der Waals surface area (Å²) in [6, 6.07) is 5.86. The largest absolute Gasteiger partial charge is 0.495 e. The summed E-state index contributed by atoms with van der Waals surface area (Å²) in [6.45, 7) is 0.599. The molecule has 2 unspecified atom stereocenters. The predicted octanol–water partition coefficient (Wildman–Crippen LogP) is 2.67. The Labute approximate surface area is 104 Å². The summed E-state index contributed by atoms with van der Waals surface area (Å²) in [6.07, 6.45) is 0.998. The minimum Gasteiger partial charge on any atom is -0.495 e. The van der Waals surface area contributed by atoms with E-state index in [0.29, 0.717) is 19.4 Å². The van der Waals surface area contributed by atoms with E-state index in [0.717, 1.165) is 15.8 Å². The van der Waals surface area contributed by atoms with E-state index in [1.165, 1.54) is 0 Å². The summed E-state index contributed by atoms with van der Waals surface area (Å²) in [5, 5.41) is 9.64. The fraction of sp³-hybridized carbons (Fsp3) is 0.500. The van der Waals surface area contributed by atoms with Crippen molar-refractivity contribution in [1.82, 2.24) is 0 Å². The number of hydrogen-bond acceptors (Lipinski definition) is 3. The lowest BCUT2D eigenvalue weighted by atomic mass is 9.99. The number of aliphatic hydroxyl groups is 1. The van der Waals surface area contributed by atoms with Crippen molar-refractivity contribution >= 4 is 15.9 Å². The Bertz CT molecular complexity index is 367. The number of aliphatic hydroxyl groups excluding tert-OH is 1. The summed E-state index contributed by atoms with van der Waals surface area (Å²) >= 11 is 3.45. The van der Waals surface area contributed by atoms with Crippen molar-refractivity contribution in [2.45, 2.75) is 25.0 Å². The molecule has 1 aliphatic heterocycles. The molecule has 0 radical (unpaired) electrons. The van der Waals surface area contributed by atoms with E-state index < -0.39 is 0 Å². The van der Waals surface area contributed by atoms with Crippen LogP contribution < -0.4 is 4.74 Å². The van der Waals surface area contributed by atoms with E-state index in [2.05, 4.69) is 15.9 Å². The second kappa shape index (κ2) is 5.17. The lowest BCUT2D eigenvalue weighted by Crippen LogP contribution is -2.23. The van der Waals surface area contributed by atoms with Crippen LogP contribution in [0.2, 0.25) is 0 Å². The number of halogens is 1. The Balaban J connectivity index is 2.28. The van der Waals surface area contributed by atoms with Crippen LogP contribution in [0.4, 0.5) is 0 Å². The Hall–Kier alpha value is -0.580.